The molecule has 1 aromatic carbocycles. The van der Waals surface area contributed by atoms with Gasteiger partial charge in [-0.15, -0.1) is 0 Å². The number of ether oxygens (including phenoxy) is 1. The van der Waals surface area contributed by atoms with Gasteiger partial charge in [-0.1, -0.05) is 0 Å². The Morgan fingerprint density at radius 2 is 1.80 bits per heavy atom. The molecule has 7 nitrogen and oxygen atoms in total. The largest absolute Gasteiger partial charge is 0.363 e. The van der Waals surface area contributed by atoms with Crippen molar-refractivity contribution < 1.29 is 14.3 Å². The predicted molar refractivity (Wildman–Crippen MR) is 75.5 cm³/mol. The molecule has 0 atom stereocenters. The van der Waals surface area contributed by atoms with Crippen LogP contribution in [0.1, 0.15) is 6.92 Å². The first-order valence-electron chi connectivity index (χ1n) is 6.28. The summed E-state index contributed by atoms with van der Waals surface area (Å²) in [4.78, 5) is 22.4. The van der Waals surface area contributed by atoms with E-state index in [1.165, 1.54) is 0 Å². The number of rotatable bonds is 5. The summed E-state index contributed by atoms with van der Waals surface area (Å²) < 4.78 is 5.53. The average Bonchev–Trinajstić information content (AvgIpc) is 2.36. The third kappa shape index (κ3) is 3.94. The molecule has 1 aliphatic rings. The summed E-state index contributed by atoms with van der Waals surface area (Å²) in [5, 5.41) is 8.25. The first-order valence-corrected chi connectivity index (χ1v) is 6.28. The van der Waals surface area contributed by atoms with Crippen molar-refractivity contribution in [2.45, 2.75) is 12.5 Å². The number of carbonyl (C=O) groups excluding carboxylic acids is 2. The van der Waals surface area contributed by atoms with Crippen molar-refractivity contribution in [2.75, 3.05) is 30.3 Å². The van der Waals surface area contributed by atoms with E-state index in [1.54, 1.807) is 24.3 Å². The second-order valence-corrected chi connectivity index (χ2v) is 4.96. The van der Waals surface area contributed by atoms with E-state index in [0.29, 0.717) is 11.4 Å². The standard InChI is InChI=1S/C13H18N4O3/c1-13(7-15-8-13)20-6-11(18)16-9-2-4-10(5-3-9)17-12(14)19/h2-5,15H,6-8H2,1H3,(H,16,18)(H3,14,17,19). The molecule has 5 N–H and O–H groups in total. The minimum atomic E-state index is -0.627. The average molecular weight is 278 g/mol. The Labute approximate surface area is 116 Å². The van der Waals surface area contributed by atoms with Gasteiger partial charge in [0.25, 0.3) is 0 Å². The number of anilines is 2. The van der Waals surface area contributed by atoms with Crippen LogP contribution in [-0.2, 0) is 9.53 Å². The lowest BCUT2D eigenvalue weighted by Crippen LogP contribution is -2.59. The molecule has 0 bridgehead atoms. The highest BCUT2D eigenvalue weighted by atomic mass is 16.5. The molecule has 2 rings (SSSR count). The predicted octanol–water partition coefficient (Wildman–Crippen LogP) is 0.494. The summed E-state index contributed by atoms with van der Waals surface area (Å²) in [6.07, 6.45) is 0. The van der Waals surface area contributed by atoms with Crippen LogP contribution in [0.2, 0.25) is 0 Å². The number of primary amides is 1. The van der Waals surface area contributed by atoms with Crippen LogP contribution in [0.3, 0.4) is 0 Å². The van der Waals surface area contributed by atoms with Crippen LogP contribution in [0, 0.1) is 0 Å². The Balaban J connectivity index is 1.80. The van der Waals surface area contributed by atoms with E-state index in [0.717, 1.165) is 13.1 Å². The fourth-order valence-corrected chi connectivity index (χ4v) is 1.80. The molecule has 108 valence electrons. The summed E-state index contributed by atoms with van der Waals surface area (Å²) in [5.41, 5.74) is 5.96. The van der Waals surface area contributed by atoms with Crippen LogP contribution in [0.15, 0.2) is 24.3 Å². The molecule has 20 heavy (non-hydrogen) atoms. The maximum absolute atomic E-state index is 11.7. The molecule has 0 aliphatic carbocycles. The zero-order valence-electron chi connectivity index (χ0n) is 11.2. The summed E-state index contributed by atoms with van der Waals surface area (Å²) in [6.45, 7) is 3.49. The maximum atomic E-state index is 11.7. The van der Waals surface area contributed by atoms with E-state index in [1.807, 2.05) is 6.92 Å². The van der Waals surface area contributed by atoms with E-state index in [-0.39, 0.29) is 18.1 Å². The summed E-state index contributed by atoms with van der Waals surface area (Å²) in [7, 11) is 0. The van der Waals surface area contributed by atoms with Crippen molar-refractivity contribution in [3.05, 3.63) is 24.3 Å². The lowest BCUT2D eigenvalue weighted by atomic mass is 10.0. The Bertz CT molecular complexity index is 497. The fraction of sp³-hybridized carbons (Fsp3) is 0.385. The number of hydrogen-bond acceptors (Lipinski definition) is 4. The van der Waals surface area contributed by atoms with Crippen molar-refractivity contribution in [3.8, 4) is 0 Å². The molecule has 0 radical (unpaired) electrons. The molecule has 1 heterocycles. The highest BCUT2D eigenvalue weighted by molar-refractivity contribution is 5.92. The van der Waals surface area contributed by atoms with E-state index >= 15 is 0 Å². The van der Waals surface area contributed by atoms with Crippen molar-refractivity contribution in [1.82, 2.24) is 5.32 Å². The highest BCUT2D eigenvalue weighted by Gasteiger charge is 2.32. The number of nitrogens with two attached hydrogens (primary N) is 1. The van der Waals surface area contributed by atoms with E-state index in [4.69, 9.17) is 10.5 Å². The second kappa shape index (κ2) is 5.89. The van der Waals surface area contributed by atoms with Gasteiger partial charge in [-0.3, -0.25) is 4.79 Å². The van der Waals surface area contributed by atoms with Gasteiger partial charge in [0.2, 0.25) is 5.91 Å². The molecule has 1 saturated heterocycles. The molecule has 1 aliphatic heterocycles. The van der Waals surface area contributed by atoms with Crippen molar-refractivity contribution >= 4 is 23.3 Å². The van der Waals surface area contributed by atoms with Crippen LogP contribution in [0.5, 0.6) is 0 Å². The molecular formula is C13H18N4O3. The van der Waals surface area contributed by atoms with Crippen LogP contribution >= 0.6 is 0 Å². The van der Waals surface area contributed by atoms with Gasteiger partial charge in [0.1, 0.15) is 6.61 Å². The summed E-state index contributed by atoms with van der Waals surface area (Å²) in [5.74, 6) is -0.214. The molecule has 0 aromatic heterocycles. The number of amides is 3. The van der Waals surface area contributed by atoms with E-state index in [2.05, 4.69) is 16.0 Å². The van der Waals surface area contributed by atoms with E-state index < -0.39 is 6.03 Å². The quantitative estimate of drug-likeness (QED) is 0.629. The smallest absolute Gasteiger partial charge is 0.316 e. The molecule has 1 aromatic rings. The minimum absolute atomic E-state index is 0.0134. The maximum Gasteiger partial charge on any atom is 0.316 e. The zero-order chi connectivity index (χ0) is 14.6. The lowest BCUT2D eigenvalue weighted by molar-refractivity contribution is -0.130. The molecule has 1 fully saturated rings. The van der Waals surface area contributed by atoms with E-state index in [9.17, 15) is 9.59 Å². The highest BCUT2D eigenvalue weighted by Crippen LogP contribution is 2.16. The Morgan fingerprint density at radius 3 is 2.25 bits per heavy atom. The Hall–Kier alpha value is -2.12. The molecule has 0 saturated carbocycles. The molecule has 7 heteroatoms. The molecular weight excluding hydrogens is 260 g/mol. The first-order chi connectivity index (χ1) is 9.47. The van der Waals surface area contributed by atoms with Gasteiger partial charge in [-0.05, 0) is 31.2 Å². The number of carbonyl (C=O) groups is 2. The van der Waals surface area contributed by atoms with Crippen molar-refractivity contribution in [1.29, 1.82) is 0 Å². The zero-order valence-corrected chi connectivity index (χ0v) is 11.2. The van der Waals surface area contributed by atoms with Gasteiger partial charge in [-0.2, -0.15) is 0 Å². The fourth-order valence-electron chi connectivity index (χ4n) is 1.80. The van der Waals surface area contributed by atoms with Crippen molar-refractivity contribution in [2.24, 2.45) is 5.73 Å². The number of benzene rings is 1. The lowest BCUT2D eigenvalue weighted by Gasteiger charge is -2.38. The van der Waals surface area contributed by atoms with Gasteiger partial charge in [0.05, 0.1) is 5.60 Å². The van der Waals surface area contributed by atoms with Gasteiger partial charge < -0.3 is 26.4 Å². The first kappa shape index (κ1) is 14.3. The number of hydrogen-bond donors (Lipinski definition) is 4. The molecule has 0 spiro atoms. The SMILES string of the molecule is CC1(OCC(=O)Nc2ccc(NC(N)=O)cc2)CNC1. The third-order valence-corrected chi connectivity index (χ3v) is 2.99. The van der Waals surface area contributed by atoms with Crippen LogP contribution in [0.4, 0.5) is 16.2 Å². The van der Waals surface area contributed by atoms with Gasteiger partial charge in [0, 0.05) is 24.5 Å². The number of urea groups is 1. The van der Waals surface area contributed by atoms with Gasteiger partial charge in [0.15, 0.2) is 0 Å². The monoisotopic (exact) mass is 278 g/mol. The summed E-state index contributed by atoms with van der Waals surface area (Å²) in [6, 6.07) is 6.03. The summed E-state index contributed by atoms with van der Waals surface area (Å²) >= 11 is 0. The Morgan fingerprint density at radius 1 is 1.25 bits per heavy atom. The molecule has 3 amide bonds. The molecule has 0 unspecified atom stereocenters. The normalized spacial score (nSPS) is 16.1. The third-order valence-electron chi connectivity index (χ3n) is 2.99. The topological polar surface area (TPSA) is 105 Å². The van der Waals surface area contributed by atoms with Gasteiger partial charge in [-0.25, -0.2) is 4.79 Å². The Kier molecular flexibility index (Phi) is 4.21. The van der Waals surface area contributed by atoms with Gasteiger partial charge >= 0.3 is 6.03 Å². The van der Waals surface area contributed by atoms with Crippen LogP contribution < -0.4 is 21.7 Å². The van der Waals surface area contributed by atoms with Crippen LogP contribution in [0.25, 0.3) is 0 Å². The minimum Gasteiger partial charge on any atom is -0.363 e. The van der Waals surface area contributed by atoms with Crippen LogP contribution in [-0.4, -0.2) is 37.2 Å². The second-order valence-electron chi connectivity index (χ2n) is 4.96. The van der Waals surface area contributed by atoms with Crippen molar-refractivity contribution in [3.63, 3.8) is 0 Å². The number of nitrogens with one attached hydrogen (secondary N) is 3.